The minimum atomic E-state index is -0.665. The van der Waals surface area contributed by atoms with Crippen molar-refractivity contribution in [3.05, 3.63) is 145 Å². The van der Waals surface area contributed by atoms with E-state index in [0.29, 0.717) is 0 Å². The number of aliphatic hydroxyl groups excluding tert-OH is 1. The second kappa shape index (κ2) is 19.0. The maximum atomic E-state index is 10.7. The summed E-state index contributed by atoms with van der Waals surface area (Å²) < 4.78 is 0. The van der Waals surface area contributed by atoms with Crippen LogP contribution in [-0.4, -0.2) is 31.3 Å². The fourth-order valence-corrected chi connectivity index (χ4v) is 5.27. The predicted molar refractivity (Wildman–Crippen MR) is 199 cm³/mol. The fraction of sp³-hybridized carbons (Fsp3) is 0.250. The summed E-state index contributed by atoms with van der Waals surface area (Å²) in [5.74, 6) is 0. The Morgan fingerprint density at radius 3 is 1.47 bits per heavy atom. The van der Waals surface area contributed by atoms with Gasteiger partial charge in [-0.25, -0.2) is 0 Å². The van der Waals surface area contributed by atoms with Gasteiger partial charge in [0.1, 0.15) is 6.23 Å². The van der Waals surface area contributed by atoms with E-state index < -0.39 is 6.23 Å². The molecule has 0 bridgehead atoms. The Morgan fingerprint density at radius 2 is 0.915 bits per heavy atom. The number of hydrogen-bond acceptors (Lipinski definition) is 7. The molecule has 0 saturated heterocycles. The van der Waals surface area contributed by atoms with E-state index in [1.54, 1.807) is 0 Å². The molecule has 7 N–H and O–H groups in total. The SMILES string of the molecule is OC(NCCCCNc1ccc(Nc2ccccc2)cc1)c1cccc(CNCCCCNc2ccc(Nc3ccccc3)cc2)c1. The molecule has 5 aromatic rings. The normalized spacial score (nSPS) is 11.5. The Hall–Kier alpha value is -4.82. The zero-order valence-electron chi connectivity index (χ0n) is 27.1. The molecule has 0 fully saturated rings. The molecular weight excluding hydrogens is 580 g/mol. The van der Waals surface area contributed by atoms with E-state index >= 15 is 0 Å². The fourth-order valence-electron chi connectivity index (χ4n) is 5.27. The first-order valence-corrected chi connectivity index (χ1v) is 16.7. The highest BCUT2D eigenvalue weighted by Crippen LogP contribution is 2.20. The molecule has 0 aliphatic rings. The number of benzene rings is 5. The summed E-state index contributed by atoms with van der Waals surface area (Å²) in [6.45, 7) is 4.33. The smallest absolute Gasteiger partial charge is 0.131 e. The monoisotopic (exact) mass is 628 g/mol. The Labute approximate surface area is 279 Å². The standard InChI is InChI=1S/C40H48N6O/c47-40(44-29-10-9-28-43-35-20-24-39(25-21-35)46-37-16-5-2-6-17-37)33-13-11-12-32(30-33)31-41-26-7-8-27-42-34-18-22-38(23-19-34)45-36-14-3-1-4-15-36/h1-6,11-25,30,40-47H,7-10,26-29,31H2. The van der Waals surface area contributed by atoms with E-state index in [1.165, 1.54) is 5.56 Å². The van der Waals surface area contributed by atoms with Gasteiger partial charge in [0, 0.05) is 53.8 Å². The van der Waals surface area contributed by atoms with Crippen LogP contribution in [0.15, 0.2) is 133 Å². The lowest BCUT2D eigenvalue weighted by Gasteiger charge is -2.15. The Morgan fingerprint density at radius 1 is 0.447 bits per heavy atom. The minimum Gasteiger partial charge on any atom is -0.385 e. The quantitative estimate of drug-likeness (QED) is 0.0343. The molecule has 0 aliphatic carbocycles. The van der Waals surface area contributed by atoms with Gasteiger partial charge in [-0.3, -0.25) is 5.32 Å². The lowest BCUT2D eigenvalue weighted by molar-refractivity contribution is 0.139. The molecular formula is C40H48N6O. The minimum absolute atomic E-state index is 0.665. The van der Waals surface area contributed by atoms with Crippen LogP contribution in [0.2, 0.25) is 0 Å². The number of anilines is 6. The maximum absolute atomic E-state index is 10.7. The van der Waals surface area contributed by atoms with Crippen molar-refractivity contribution < 1.29 is 5.11 Å². The third-order valence-corrected chi connectivity index (χ3v) is 7.87. The van der Waals surface area contributed by atoms with Gasteiger partial charge in [0.2, 0.25) is 0 Å². The summed E-state index contributed by atoms with van der Waals surface area (Å²) in [5.41, 5.74) is 8.65. The summed E-state index contributed by atoms with van der Waals surface area (Å²) in [5, 5.41) is 31.3. The predicted octanol–water partition coefficient (Wildman–Crippen LogP) is 8.63. The van der Waals surface area contributed by atoms with E-state index in [1.807, 2.05) is 48.5 Å². The molecule has 5 rings (SSSR count). The van der Waals surface area contributed by atoms with Crippen molar-refractivity contribution in [1.82, 2.24) is 10.6 Å². The summed E-state index contributed by atoms with van der Waals surface area (Å²) in [6.07, 6.45) is 3.51. The number of unbranched alkanes of at least 4 members (excludes halogenated alkanes) is 2. The number of hydrogen-bond donors (Lipinski definition) is 7. The second-order valence-electron chi connectivity index (χ2n) is 11.7. The van der Waals surface area contributed by atoms with Crippen LogP contribution in [0.5, 0.6) is 0 Å². The molecule has 0 radical (unpaired) electrons. The molecule has 0 spiro atoms. The number of para-hydroxylation sites is 2. The molecule has 0 amide bonds. The van der Waals surface area contributed by atoms with Gasteiger partial charge in [-0.05, 0) is 123 Å². The van der Waals surface area contributed by atoms with E-state index in [4.69, 9.17) is 0 Å². The summed E-state index contributed by atoms with van der Waals surface area (Å²) in [6, 6.07) is 45.4. The zero-order valence-corrected chi connectivity index (χ0v) is 27.1. The van der Waals surface area contributed by atoms with Crippen molar-refractivity contribution in [3.8, 4) is 0 Å². The topological polar surface area (TPSA) is 92.4 Å². The second-order valence-corrected chi connectivity index (χ2v) is 11.7. The Bertz CT molecular complexity index is 1560. The van der Waals surface area contributed by atoms with Crippen molar-refractivity contribution >= 4 is 34.1 Å². The van der Waals surface area contributed by atoms with Gasteiger partial charge in [-0.15, -0.1) is 0 Å². The van der Waals surface area contributed by atoms with Crippen LogP contribution in [0, 0.1) is 0 Å². The number of rotatable bonds is 20. The Kier molecular flexibility index (Phi) is 13.5. The largest absolute Gasteiger partial charge is 0.385 e. The molecule has 0 aromatic heterocycles. The van der Waals surface area contributed by atoms with Crippen LogP contribution in [0.1, 0.15) is 43.0 Å². The summed E-state index contributed by atoms with van der Waals surface area (Å²) in [7, 11) is 0. The van der Waals surface area contributed by atoms with Crippen molar-refractivity contribution in [2.24, 2.45) is 0 Å². The molecule has 7 heteroatoms. The number of aliphatic hydroxyl groups is 1. The molecule has 0 saturated carbocycles. The first-order chi connectivity index (χ1) is 23.2. The highest BCUT2D eigenvalue weighted by Gasteiger charge is 2.07. The molecule has 5 aromatic carbocycles. The van der Waals surface area contributed by atoms with E-state index in [9.17, 15) is 5.11 Å². The van der Waals surface area contributed by atoms with Gasteiger partial charge in [0.05, 0.1) is 0 Å². The molecule has 1 atom stereocenters. The van der Waals surface area contributed by atoms with Gasteiger partial charge in [-0.1, -0.05) is 60.7 Å². The molecule has 1 unspecified atom stereocenters. The summed E-state index contributed by atoms with van der Waals surface area (Å²) >= 11 is 0. The van der Waals surface area contributed by atoms with E-state index in [0.717, 1.165) is 98.1 Å². The first-order valence-electron chi connectivity index (χ1n) is 16.7. The highest BCUT2D eigenvalue weighted by molar-refractivity contribution is 5.63. The summed E-state index contributed by atoms with van der Waals surface area (Å²) in [4.78, 5) is 0. The number of nitrogens with one attached hydrogen (secondary N) is 6. The van der Waals surface area contributed by atoms with Crippen LogP contribution in [0.25, 0.3) is 0 Å². The molecule has 244 valence electrons. The van der Waals surface area contributed by atoms with Crippen molar-refractivity contribution in [2.75, 3.05) is 47.4 Å². The van der Waals surface area contributed by atoms with Gasteiger partial charge < -0.3 is 31.7 Å². The van der Waals surface area contributed by atoms with E-state index in [-0.39, 0.29) is 0 Å². The molecule has 0 aliphatic heterocycles. The zero-order chi connectivity index (χ0) is 32.4. The lowest BCUT2D eigenvalue weighted by atomic mass is 10.1. The van der Waals surface area contributed by atoms with Gasteiger partial charge in [0.25, 0.3) is 0 Å². The first kappa shape index (κ1) is 33.5. The van der Waals surface area contributed by atoms with Gasteiger partial charge >= 0.3 is 0 Å². The third-order valence-electron chi connectivity index (χ3n) is 7.87. The average molecular weight is 629 g/mol. The molecule has 7 nitrogen and oxygen atoms in total. The van der Waals surface area contributed by atoms with Crippen molar-refractivity contribution in [3.63, 3.8) is 0 Å². The van der Waals surface area contributed by atoms with Crippen molar-refractivity contribution in [2.45, 2.75) is 38.5 Å². The molecule has 0 heterocycles. The van der Waals surface area contributed by atoms with Crippen LogP contribution < -0.4 is 31.9 Å². The third kappa shape index (κ3) is 12.1. The van der Waals surface area contributed by atoms with Crippen LogP contribution in [0.3, 0.4) is 0 Å². The van der Waals surface area contributed by atoms with Gasteiger partial charge in [0.15, 0.2) is 0 Å². The van der Waals surface area contributed by atoms with E-state index in [2.05, 4.69) is 117 Å². The Balaban J connectivity index is 0.890. The maximum Gasteiger partial charge on any atom is 0.131 e. The van der Waals surface area contributed by atoms with Crippen molar-refractivity contribution in [1.29, 1.82) is 0 Å². The van der Waals surface area contributed by atoms with Crippen LogP contribution in [0.4, 0.5) is 34.1 Å². The lowest BCUT2D eigenvalue weighted by Crippen LogP contribution is -2.23. The van der Waals surface area contributed by atoms with Gasteiger partial charge in [-0.2, -0.15) is 0 Å². The van der Waals surface area contributed by atoms with Crippen LogP contribution >= 0.6 is 0 Å². The molecule has 47 heavy (non-hydrogen) atoms. The van der Waals surface area contributed by atoms with Crippen LogP contribution in [-0.2, 0) is 6.54 Å². The highest BCUT2D eigenvalue weighted by atomic mass is 16.3. The average Bonchev–Trinajstić information content (AvgIpc) is 3.11.